The summed E-state index contributed by atoms with van der Waals surface area (Å²) in [4.78, 5) is 27.7. The van der Waals surface area contributed by atoms with E-state index in [4.69, 9.17) is 11.6 Å². The fourth-order valence-electron chi connectivity index (χ4n) is 3.56. The monoisotopic (exact) mass is 521 g/mol. The van der Waals surface area contributed by atoms with Gasteiger partial charge in [0.1, 0.15) is 6.04 Å². The predicted octanol–water partition coefficient (Wildman–Crippen LogP) is 4.53. The molecule has 0 aliphatic carbocycles. The number of halogens is 1. The van der Waals surface area contributed by atoms with Gasteiger partial charge in [0.15, 0.2) is 0 Å². The Labute approximate surface area is 214 Å². The van der Waals surface area contributed by atoms with Gasteiger partial charge in [-0.1, -0.05) is 41.4 Å². The quantitative estimate of drug-likeness (QED) is 0.497. The first-order valence-electron chi connectivity index (χ1n) is 11.6. The fourth-order valence-corrected chi connectivity index (χ4v) is 4.65. The lowest BCUT2D eigenvalue weighted by Gasteiger charge is -2.32. The van der Waals surface area contributed by atoms with E-state index in [1.807, 2.05) is 52.0 Å². The molecule has 2 aromatic carbocycles. The van der Waals surface area contributed by atoms with Gasteiger partial charge in [-0.3, -0.25) is 13.9 Å². The molecule has 0 aliphatic rings. The first kappa shape index (κ1) is 28.7. The number of carbonyl (C=O) groups is 2. The molecule has 0 fully saturated rings. The molecule has 0 unspecified atom stereocenters. The lowest BCUT2D eigenvalue weighted by Crippen LogP contribution is -2.52. The first-order valence-corrected chi connectivity index (χ1v) is 13.8. The maximum Gasteiger partial charge on any atom is 0.242 e. The zero-order chi connectivity index (χ0) is 26.4. The lowest BCUT2D eigenvalue weighted by molar-refractivity contribution is -0.141. The van der Waals surface area contributed by atoms with Crippen LogP contribution in [0.5, 0.6) is 0 Å². The van der Waals surface area contributed by atoms with Crippen LogP contribution >= 0.6 is 11.6 Å². The van der Waals surface area contributed by atoms with E-state index in [1.54, 1.807) is 36.1 Å². The number of nitrogens with zero attached hydrogens (tertiary/aromatic N) is 2. The van der Waals surface area contributed by atoms with Crippen LogP contribution in [0.4, 0.5) is 5.69 Å². The predicted molar refractivity (Wildman–Crippen MR) is 142 cm³/mol. The number of benzene rings is 2. The Morgan fingerprint density at radius 1 is 1.03 bits per heavy atom. The third-order valence-corrected chi connectivity index (χ3v) is 6.85. The molecule has 0 spiro atoms. The standard InChI is InChI=1S/C26H36ClN3O4S/c1-19-9-11-21(12-10-19)18-29(20(2)25(32)28-26(3,4)5)24(31)8-7-17-30(35(6,33)34)23-15-13-22(27)14-16-23/h9-16,20H,7-8,17-18H2,1-6H3,(H,28,32)/t20-/m1/s1. The molecule has 0 saturated heterocycles. The first-order chi connectivity index (χ1) is 16.2. The van der Waals surface area contributed by atoms with Gasteiger partial charge in [-0.25, -0.2) is 8.42 Å². The van der Waals surface area contributed by atoms with Gasteiger partial charge in [-0.2, -0.15) is 0 Å². The van der Waals surface area contributed by atoms with Crippen LogP contribution in [0, 0.1) is 6.92 Å². The van der Waals surface area contributed by atoms with Crippen molar-refractivity contribution in [3.63, 3.8) is 0 Å². The van der Waals surface area contributed by atoms with Crippen molar-refractivity contribution in [2.45, 2.75) is 65.6 Å². The highest BCUT2D eigenvalue weighted by atomic mass is 35.5. The Bertz CT molecular complexity index is 1110. The molecule has 0 saturated carbocycles. The molecular weight excluding hydrogens is 486 g/mol. The molecule has 0 bridgehead atoms. The number of hydrogen-bond donors (Lipinski definition) is 1. The Morgan fingerprint density at radius 3 is 2.11 bits per heavy atom. The van der Waals surface area contributed by atoms with E-state index in [0.29, 0.717) is 17.1 Å². The maximum atomic E-state index is 13.3. The van der Waals surface area contributed by atoms with Gasteiger partial charge in [0, 0.05) is 30.1 Å². The number of carbonyl (C=O) groups excluding carboxylic acids is 2. The summed E-state index contributed by atoms with van der Waals surface area (Å²) in [5.41, 5.74) is 2.07. The summed E-state index contributed by atoms with van der Waals surface area (Å²) in [5, 5.41) is 3.44. The van der Waals surface area contributed by atoms with Crippen molar-refractivity contribution in [3.8, 4) is 0 Å². The van der Waals surface area contributed by atoms with E-state index in [0.717, 1.165) is 17.4 Å². The Balaban J connectivity index is 2.17. The number of nitrogens with one attached hydrogen (secondary N) is 1. The molecule has 1 atom stereocenters. The number of amides is 2. The topological polar surface area (TPSA) is 86.8 Å². The van der Waals surface area contributed by atoms with Crippen molar-refractivity contribution in [2.24, 2.45) is 0 Å². The SMILES string of the molecule is Cc1ccc(CN(C(=O)CCCN(c2ccc(Cl)cc2)S(C)(=O)=O)[C@H](C)C(=O)NC(C)(C)C)cc1. The zero-order valence-electron chi connectivity index (χ0n) is 21.3. The maximum absolute atomic E-state index is 13.3. The van der Waals surface area contributed by atoms with Crippen LogP contribution in [0.3, 0.4) is 0 Å². The lowest BCUT2D eigenvalue weighted by atomic mass is 10.1. The molecule has 2 aromatic rings. The van der Waals surface area contributed by atoms with Crippen LogP contribution in [0.1, 0.15) is 51.7 Å². The molecule has 9 heteroatoms. The Morgan fingerprint density at radius 2 is 1.60 bits per heavy atom. The minimum atomic E-state index is -3.55. The summed E-state index contributed by atoms with van der Waals surface area (Å²) < 4.78 is 26.0. The van der Waals surface area contributed by atoms with E-state index >= 15 is 0 Å². The number of hydrogen-bond acceptors (Lipinski definition) is 4. The van der Waals surface area contributed by atoms with Crippen molar-refractivity contribution in [2.75, 3.05) is 17.1 Å². The van der Waals surface area contributed by atoms with E-state index < -0.39 is 21.6 Å². The second-order valence-corrected chi connectivity index (χ2v) is 12.2. The van der Waals surface area contributed by atoms with Crippen LogP contribution < -0.4 is 9.62 Å². The second kappa shape index (κ2) is 11.9. The van der Waals surface area contributed by atoms with Crippen LogP contribution in [0.25, 0.3) is 0 Å². The van der Waals surface area contributed by atoms with Crippen molar-refractivity contribution >= 4 is 39.1 Å². The van der Waals surface area contributed by atoms with Gasteiger partial charge in [-0.15, -0.1) is 0 Å². The molecule has 0 radical (unpaired) electrons. The molecule has 0 aliphatic heterocycles. The average Bonchev–Trinajstić information content (AvgIpc) is 2.74. The number of rotatable bonds is 10. The van der Waals surface area contributed by atoms with Gasteiger partial charge < -0.3 is 10.2 Å². The minimum Gasteiger partial charge on any atom is -0.350 e. The molecule has 7 nitrogen and oxygen atoms in total. The molecule has 35 heavy (non-hydrogen) atoms. The normalized spacial score (nSPS) is 12.7. The average molecular weight is 522 g/mol. The van der Waals surface area contributed by atoms with Crippen LogP contribution in [0.15, 0.2) is 48.5 Å². The number of anilines is 1. The largest absolute Gasteiger partial charge is 0.350 e. The van der Waals surface area contributed by atoms with E-state index in [2.05, 4.69) is 5.32 Å². The van der Waals surface area contributed by atoms with Crippen molar-refractivity contribution in [1.82, 2.24) is 10.2 Å². The molecule has 2 rings (SSSR count). The van der Waals surface area contributed by atoms with Gasteiger partial charge in [-0.05, 0) is 70.9 Å². The Hall–Kier alpha value is -2.58. The third-order valence-electron chi connectivity index (χ3n) is 5.41. The molecule has 0 heterocycles. The fraction of sp³-hybridized carbons (Fsp3) is 0.462. The minimum absolute atomic E-state index is 0.0958. The summed E-state index contributed by atoms with van der Waals surface area (Å²) in [5.74, 6) is -0.455. The molecule has 0 aromatic heterocycles. The van der Waals surface area contributed by atoms with Crippen LogP contribution in [-0.4, -0.2) is 49.5 Å². The summed E-state index contributed by atoms with van der Waals surface area (Å²) in [6, 6.07) is 13.6. The summed E-state index contributed by atoms with van der Waals surface area (Å²) in [7, 11) is -3.55. The van der Waals surface area contributed by atoms with Crippen LogP contribution in [-0.2, 0) is 26.2 Å². The smallest absolute Gasteiger partial charge is 0.242 e. The van der Waals surface area contributed by atoms with E-state index in [-0.39, 0.29) is 31.3 Å². The highest BCUT2D eigenvalue weighted by Gasteiger charge is 2.28. The second-order valence-electron chi connectivity index (χ2n) is 9.84. The number of sulfonamides is 1. The van der Waals surface area contributed by atoms with E-state index in [9.17, 15) is 18.0 Å². The summed E-state index contributed by atoms with van der Waals surface area (Å²) in [6.45, 7) is 9.78. The highest BCUT2D eigenvalue weighted by molar-refractivity contribution is 7.92. The zero-order valence-corrected chi connectivity index (χ0v) is 22.9. The molecule has 1 N–H and O–H groups in total. The van der Waals surface area contributed by atoms with Gasteiger partial charge in [0.05, 0.1) is 11.9 Å². The molecule has 2 amide bonds. The number of aryl methyl sites for hydroxylation is 1. The van der Waals surface area contributed by atoms with Gasteiger partial charge in [0.2, 0.25) is 21.8 Å². The van der Waals surface area contributed by atoms with E-state index in [1.165, 1.54) is 4.31 Å². The van der Waals surface area contributed by atoms with Crippen molar-refractivity contribution < 1.29 is 18.0 Å². The van der Waals surface area contributed by atoms with Crippen LogP contribution in [0.2, 0.25) is 5.02 Å². The van der Waals surface area contributed by atoms with Crippen molar-refractivity contribution in [3.05, 3.63) is 64.7 Å². The highest BCUT2D eigenvalue weighted by Crippen LogP contribution is 2.21. The summed E-state index contributed by atoms with van der Waals surface area (Å²) >= 11 is 5.93. The van der Waals surface area contributed by atoms with Crippen molar-refractivity contribution in [1.29, 1.82) is 0 Å². The molecule has 192 valence electrons. The van der Waals surface area contributed by atoms with Gasteiger partial charge >= 0.3 is 0 Å². The summed E-state index contributed by atoms with van der Waals surface area (Å²) in [6.07, 6.45) is 1.52. The molecular formula is C26H36ClN3O4S. The third kappa shape index (κ3) is 9.18. The Kier molecular flexibility index (Phi) is 9.75. The van der Waals surface area contributed by atoms with Gasteiger partial charge in [0.25, 0.3) is 0 Å².